The smallest absolute Gasteiger partial charge is 0.197 e. The normalized spacial score (nSPS) is 11.0. The largest absolute Gasteiger partial charge is 0.494 e. The van der Waals surface area contributed by atoms with Gasteiger partial charge < -0.3 is 5.11 Å². The Bertz CT molecular complexity index is 602. The molecular weight excluding hydrogens is 250 g/mol. The fourth-order valence-electron chi connectivity index (χ4n) is 2.32. The maximum absolute atomic E-state index is 10.1. The van der Waals surface area contributed by atoms with Crippen molar-refractivity contribution in [1.82, 2.24) is 14.5 Å². The summed E-state index contributed by atoms with van der Waals surface area (Å²) >= 11 is 0. The highest BCUT2D eigenvalue weighted by atomic mass is 16.3. The van der Waals surface area contributed by atoms with Gasteiger partial charge >= 0.3 is 0 Å². The summed E-state index contributed by atoms with van der Waals surface area (Å²) in [6.45, 7) is 8.00. The van der Waals surface area contributed by atoms with E-state index in [4.69, 9.17) is 0 Å². The van der Waals surface area contributed by atoms with Gasteiger partial charge in [0, 0.05) is 12.3 Å². The van der Waals surface area contributed by atoms with Crippen LogP contribution < -0.4 is 0 Å². The van der Waals surface area contributed by atoms with Crippen LogP contribution in [0.15, 0.2) is 12.3 Å². The van der Waals surface area contributed by atoms with Crippen LogP contribution in [0, 0.1) is 20.8 Å². The van der Waals surface area contributed by atoms with Crippen LogP contribution in [-0.2, 0) is 6.42 Å². The molecule has 1 N–H and O–H groups in total. The van der Waals surface area contributed by atoms with E-state index < -0.39 is 0 Å². The first-order valence-electron chi connectivity index (χ1n) is 7.25. The van der Waals surface area contributed by atoms with Crippen molar-refractivity contribution in [3.63, 3.8) is 0 Å². The standard InChI is InChI=1S/C16H23N3O/c1-5-6-7-8-14-9-15(20)19(10-14)16-13(4)17-11(2)12(3)18-16/h9-10,20H,5-8H2,1-4H3. The van der Waals surface area contributed by atoms with Crippen molar-refractivity contribution in [3.8, 4) is 11.7 Å². The molecule has 0 radical (unpaired) electrons. The molecule has 0 aliphatic heterocycles. The summed E-state index contributed by atoms with van der Waals surface area (Å²) in [5, 5.41) is 10.1. The number of rotatable bonds is 5. The van der Waals surface area contributed by atoms with Crippen LogP contribution in [0.25, 0.3) is 5.82 Å². The van der Waals surface area contributed by atoms with Crippen LogP contribution >= 0.6 is 0 Å². The zero-order valence-electron chi connectivity index (χ0n) is 12.8. The Morgan fingerprint density at radius 3 is 2.45 bits per heavy atom. The summed E-state index contributed by atoms with van der Waals surface area (Å²) in [7, 11) is 0. The highest BCUT2D eigenvalue weighted by Crippen LogP contribution is 2.23. The Morgan fingerprint density at radius 1 is 1.05 bits per heavy atom. The zero-order chi connectivity index (χ0) is 14.7. The molecule has 0 amide bonds. The Morgan fingerprint density at radius 2 is 1.75 bits per heavy atom. The maximum atomic E-state index is 10.1. The van der Waals surface area contributed by atoms with Gasteiger partial charge in [0.1, 0.15) is 0 Å². The number of hydrogen-bond donors (Lipinski definition) is 1. The molecule has 0 unspecified atom stereocenters. The van der Waals surface area contributed by atoms with Crippen molar-refractivity contribution in [2.75, 3.05) is 0 Å². The van der Waals surface area contributed by atoms with Crippen molar-refractivity contribution in [3.05, 3.63) is 34.9 Å². The lowest BCUT2D eigenvalue weighted by atomic mass is 10.1. The van der Waals surface area contributed by atoms with Gasteiger partial charge in [0.25, 0.3) is 0 Å². The van der Waals surface area contributed by atoms with Gasteiger partial charge in [-0.25, -0.2) is 4.98 Å². The van der Waals surface area contributed by atoms with E-state index in [1.807, 2.05) is 33.0 Å². The molecule has 0 bridgehead atoms. The molecular formula is C16H23N3O. The monoisotopic (exact) mass is 273 g/mol. The SMILES string of the molecule is CCCCCc1cc(O)n(-c2nc(C)c(C)nc2C)c1. The minimum atomic E-state index is 0.233. The molecule has 0 atom stereocenters. The number of aromatic nitrogens is 3. The summed E-state index contributed by atoms with van der Waals surface area (Å²) in [5.74, 6) is 0.949. The van der Waals surface area contributed by atoms with E-state index in [2.05, 4.69) is 16.9 Å². The van der Waals surface area contributed by atoms with E-state index >= 15 is 0 Å². The van der Waals surface area contributed by atoms with E-state index in [0.717, 1.165) is 35.5 Å². The first-order valence-corrected chi connectivity index (χ1v) is 7.25. The van der Waals surface area contributed by atoms with Crippen molar-refractivity contribution < 1.29 is 5.11 Å². The average molecular weight is 273 g/mol. The number of aryl methyl sites for hydroxylation is 4. The van der Waals surface area contributed by atoms with Gasteiger partial charge in [0.15, 0.2) is 11.7 Å². The van der Waals surface area contributed by atoms with Crippen molar-refractivity contribution in [2.45, 2.75) is 53.4 Å². The van der Waals surface area contributed by atoms with Gasteiger partial charge in [0.05, 0.1) is 17.1 Å². The van der Waals surface area contributed by atoms with Crippen LogP contribution in [0.1, 0.15) is 48.8 Å². The van der Waals surface area contributed by atoms with Crippen LogP contribution in [0.4, 0.5) is 0 Å². The van der Waals surface area contributed by atoms with E-state index in [1.165, 1.54) is 12.8 Å². The summed E-state index contributed by atoms with van der Waals surface area (Å²) in [6.07, 6.45) is 6.53. The minimum Gasteiger partial charge on any atom is -0.494 e. The number of aromatic hydroxyl groups is 1. The van der Waals surface area contributed by atoms with Gasteiger partial charge in [-0.2, -0.15) is 0 Å². The summed E-state index contributed by atoms with van der Waals surface area (Å²) in [6, 6.07) is 1.83. The van der Waals surface area contributed by atoms with Crippen LogP contribution in [0.3, 0.4) is 0 Å². The quantitative estimate of drug-likeness (QED) is 0.846. The van der Waals surface area contributed by atoms with Crippen LogP contribution in [0.2, 0.25) is 0 Å². The zero-order valence-corrected chi connectivity index (χ0v) is 12.8. The first-order chi connectivity index (χ1) is 9.52. The van der Waals surface area contributed by atoms with Crippen LogP contribution in [0.5, 0.6) is 5.88 Å². The molecule has 0 saturated heterocycles. The Balaban J connectivity index is 2.31. The van der Waals surface area contributed by atoms with E-state index in [1.54, 1.807) is 4.57 Å². The third-order valence-electron chi connectivity index (χ3n) is 3.61. The summed E-state index contributed by atoms with van der Waals surface area (Å²) in [4.78, 5) is 9.03. The second-order valence-electron chi connectivity index (χ2n) is 5.34. The Kier molecular flexibility index (Phi) is 4.42. The number of nitrogens with zero attached hydrogens (tertiary/aromatic N) is 3. The molecule has 0 spiro atoms. The molecule has 2 rings (SSSR count). The molecule has 0 aliphatic rings. The lowest BCUT2D eigenvalue weighted by Gasteiger charge is -2.09. The predicted octanol–water partition coefficient (Wildman–Crippen LogP) is 3.63. The Hall–Kier alpha value is -1.84. The number of hydrogen-bond acceptors (Lipinski definition) is 3. The predicted molar refractivity (Wildman–Crippen MR) is 80.5 cm³/mol. The summed E-state index contributed by atoms with van der Waals surface area (Å²) < 4.78 is 1.73. The fourth-order valence-corrected chi connectivity index (χ4v) is 2.32. The second kappa shape index (κ2) is 6.07. The van der Waals surface area contributed by atoms with Gasteiger partial charge in [-0.3, -0.25) is 9.55 Å². The highest BCUT2D eigenvalue weighted by Gasteiger charge is 2.12. The molecule has 2 aromatic heterocycles. The highest BCUT2D eigenvalue weighted by molar-refractivity contribution is 5.38. The van der Waals surface area contributed by atoms with E-state index in [-0.39, 0.29) is 5.88 Å². The molecule has 2 heterocycles. The molecule has 2 aromatic rings. The van der Waals surface area contributed by atoms with Gasteiger partial charge in [-0.15, -0.1) is 0 Å². The topological polar surface area (TPSA) is 50.9 Å². The average Bonchev–Trinajstić information content (AvgIpc) is 2.75. The third-order valence-corrected chi connectivity index (χ3v) is 3.61. The second-order valence-corrected chi connectivity index (χ2v) is 5.34. The molecule has 0 aromatic carbocycles. The lowest BCUT2D eigenvalue weighted by molar-refractivity contribution is 0.441. The van der Waals surface area contributed by atoms with Gasteiger partial charge in [-0.1, -0.05) is 19.8 Å². The first kappa shape index (κ1) is 14.6. The summed E-state index contributed by atoms with van der Waals surface area (Å²) in [5.41, 5.74) is 3.81. The lowest BCUT2D eigenvalue weighted by Crippen LogP contribution is -2.05. The molecule has 0 saturated carbocycles. The van der Waals surface area contributed by atoms with Gasteiger partial charge in [-0.05, 0) is 39.2 Å². The molecule has 0 aliphatic carbocycles. The molecule has 4 heteroatoms. The van der Waals surface area contributed by atoms with Crippen molar-refractivity contribution in [2.24, 2.45) is 0 Å². The Labute approximate surface area is 120 Å². The van der Waals surface area contributed by atoms with E-state index in [9.17, 15) is 5.11 Å². The van der Waals surface area contributed by atoms with E-state index in [0.29, 0.717) is 5.82 Å². The van der Waals surface area contributed by atoms with Crippen LogP contribution in [-0.4, -0.2) is 19.6 Å². The third kappa shape index (κ3) is 3.00. The number of unbranched alkanes of at least 4 members (excludes halogenated alkanes) is 2. The molecule has 20 heavy (non-hydrogen) atoms. The maximum Gasteiger partial charge on any atom is 0.197 e. The molecule has 108 valence electrons. The fraction of sp³-hybridized carbons (Fsp3) is 0.500. The van der Waals surface area contributed by atoms with Gasteiger partial charge in [0.2, 0.25) is 0 Å². The van der Waals surface area contributed by atoms with Crippen molar-refractivity contribution >= 4 is 0 Å². The molecule has 4 nitrogen and oxygen atoms in total. The molecule has 0 fully saturated rings. The van der Waals surface area contributed by atoms with Crippen molar-refractivity contribution in [1.29, 1.82) is 0 Å². The minimum absolute atomic E-state index is 0.233.